The molecule has 0 saturated heterocycles. The Bertz CT molecular complexity index is 687. The van der Waals surface area contributed by atoms with Gasteiger partial charge in [0.2, 0.25) is 11.8 Å². The minimum Gasteiger partial charge on any atom is -0.480 e. The maximum atomic E-state index is 13.3. The Morgan fingerprint density at radius 3 is 2.54 bits per heavy atom. The second-order valence-electron chi connectivity index (χ2n) is 5.89. The average molecular weight is 363 g/mol. The lowest BCUT2D eigenvalue weighted by Crippen LogP contribution is -2.52. The lowest BCUT2D eigenvalue weighted by Gasteiger charge is -2.21. The third-order valence-electron chi connectivity index (χ3n) is 3.67. The van der Waals surface area contributed by atoms with Crippen LogP contribution in [0.25, 0.3) is 0 Å². The van der Waals surface area contributed by atoms with Crippen LogP contribution in [0.1, 0.15) is 38.2 Å². The van der Waals surface area contributed by atoms with E-state index in [1.807, 2.05) is 6.07 Å². The summed E-state index contributed by atoms with van der Waals surface area (Å²) in [5.41, 5.74) is 0.500. The van der Waals surface area contributed by atoms with Gasteiger partial charge in [-0.05, 0) is 37.0 Å². The first-order valence-corrected chi connectivity index (χ1v) is 8.25. The number of nitrogens with zero attached hydrogens (tertiary/aromatic N) is 1. The highest BCUT2D eigenvalue weighted by Gasteiger charge is 2.26. The van der Waals surface area contributed by atoms with E-state index in [-0.39, 0.29) is 12.8 Å². The van der Waals surface area contributed by atoms with E-state index in [1.165, 1.54) is 25.1 Å². The summed E-state index contributed by atoms with van der Waals surface area (Å²) in [6.07, 6.45) is 1.53. The Balaban J connectivity index is 2.77. The van der Waals surface area contributed by atoms with Gasteiger partial charge >= 0.3 is 5.97 Å². The number of rotatable bonds is 10. The van der Waals surface area contributed by atoms with Crippen LogP contribution in [0, 0.1) is 17.1 Å². The van der Waals surface area contributed by atoms with Gasteiger partial charge in [-0.25, -0.2) is 9.18 Å². The number of carbonyl (C=O) groups is 3. The number of carboxylic acids is 1. The van der Waals surface area contributed by atoms with E-state index >= 15 is 0 Å². The van der Waals surface area contributed by atoms with Gasteiger partial charge in [0, 0.05) is 19.8 Å². The molecule has 2 atom stereocenters. The predicted octanol–water partition coefficient (Wildman–Crippen LogP) is 1.53. The number of halogens is 1. The Morgan fingerprint density at radius 2 is 1.96 bits per heavy atom. The number of hydrogen-bond donors (Lipinski definition) is 3. The number of amides is 2. The zero-order valence-electron chi connectivity index (χ0n) is 14.5. The van der Waals surface area contributed by atoms with Crippen molar-refractivity contribution >= 4 is 17.8 Å². The fraction of sp³-hybridized carbons (Fsp3) is 0.444. The quantitative estimate of drug-likeness (QED) is 0.545. The number of hydrogen-bond acceptors (Lipinski definition) is 4. The molecule has 26 heavy (non-hydrogen) atoms. The molecule has 0 spiro atoms. The minimum atomic E-state index is -1.19. The first-order valence-electron chi connectivity index (χ1n) is 8.25. The summed E-state index contributed by atoms with van der Waals surface area (Å²) in [5.74, 6) is -2.77. The molecule has 0 saturated carbocycles. The first kappa shape index (κ1) is 21.1. The zero-order valence-corrected chi connectivity index (χ0v) is 14.5. The molecule has 140 valence electrons. The number of aliphatic carboxylic acids is 1. The second kappa shape index (κ2) is 10.8. The SMILES string of the molecule is CC(=O)N[C@@H](Cc1cccc(F)c1)C(=O)N[C@@H](CCCCC#N)C(=O)O. The van der Waals surface area contributed by atoms with Crippen LogP contribution in [0.4, 0.5) is 4.39 Å². The summed E-state index contributed by atoms with van der Waals surface area (Å²) in [6.45, 7) is 1.24. The van der Waals surface area contributed by atoms with Crippen LogP contribution >= 0.6 is 0 Å². The Kier molecular flexibility index (Phi) is 8.78. The van der Waals surface area contributed by atoms with Crippen LogP contribution in [0.3, 0.4) is 0 Å². The van der Waals surface area contributed by atoms with E-state index in [4.69, 9.17) is 5.26 Å². The molecule has 0 bridgehead atoms. The lowest BCUT2D eigenvalue weighted by atomic mass is 10.0. The van der Waals surface area contributed by atoms with Gasteiger partial charge in [0.15, 0.2) is 0 Å². The molecule has 1 aromatic rings. The highest BCUT2D eigenvalue weighted by Crippen LogP contribution is 2.09. The molecule has 8 heteroatoms. The zero-order chi connectivity index (χ0) is 19.5. The van der Waals surface area contributed by atoms with E-state index in [0.717, 1.165) is 0 Å². The number of benzene rings is 1. The summed E-state index contributed by atoms with van der Waals surface area (Å²) < 4.78 is 13.3. The number of nitrogens with one attached hydrogen (secondary N) is 2. The molecule has 0 unspecified atom stereocenters. The van der Waals surface area contributed by atoms with Gasteiger partial charge in [-0.15, -0.1) is 0 Å². The van der Waals surface area contributed by atoms with Crippen molar-refractivity contribution < 1.29 is 23.9 Å². The molecule has 1 aromatic carbocycles. The molecule has 1 rings (SSSR count). The smallest absolute Gasteiger partial charge is 0.326 e. The maximum Gasteiger partial charge on any atom is 0.326 e. The van der Waals surface area contributed by atoms with Crippen molar-refractivity contribution in [3.63, 3.8) is 0 Å². The number of nitriles is 1. The van der Waals surface area contributed by atoms with E-state index in [0.29, 0.717) is 24.8 Å². The normalized spacial score (nSPS) is 12.5. The van der Waals surface area contributed by atoms with E-state index < -0.39 is 35.7 Å². The van der Waals surface area contributed by atoms with Gasteiger partial charge < -0.3 is 15.7 Å². The largest absolute Gasteiger partial charge is 0.480 e. The van der Waals surface area contributed by atoms with Crippen LogP contribution in [-0.4, -0.2) is 35.0 Å². The fourth-order valence-corrected chi connectivity index (χ4v) is 2.44. The molecule has 7 nitrogen and oxygen atoms in total. The molecule has 2 amide bonds. The molecule has 0 aliphatic rings. The average Bonchev–Trinajstić information content (AvgIpc) is 2.56. The Morgan fingerprint density at radius 1 is 1.23 bits per heavy atom. The second-order valence-corrected chi connectivity index (χ2v) is 5.89. The van der Waals surface area contributed by atoms with Crippen LogP contribution in [0.15, 0.2) is 24.3 Å². The summed E-state index contributed by atoms with van der Waals surface area (Å²) in [6, 6.07) is 5.44. The van der Waals surface area contributed by atoms with E-state index in [1.54, 1.807) is 6.07 Å². The molecule has 0 radical (unpaired) electrons. The van der Waals surface area contributed by atoms with Crippen LogP contribution < -0.4 is 10.6 Å². The highest BCUT2D eigenvalue weighted by atomic mass is 19.1. The fourth-order valence-electron chi connectivity index (χ4n) is 2.44. The van der Waals surface area contributed by atoms with Crippen molar-refractivity contribution in [2.75, 3.05) is 0 Å². The van der Waals surface area contributed by atoms with Crippen molar-refractivity contribution in [1.29, 1.82) is 5.26 Å². The highest BCUT2D eigenvalue weighted by molar-refractivity contribution is 5.90. The van der Waals surface area contributed by atoms with Gasteiger partial charge in [-0.1, -0.05) is 12.1 Å². The molecule has 0 aromatic heterocycles. The lowest BCUT2D eigenvalue weighted by molar-refractivity contribution is -0.142. The van der Waals surface area contributed by atoms with E-state index in [9.17, 15) is 23.9 Å². The maximum absolute atomic E-state index is 13.3. The molecule has 3 N–H and O–H groups in total. The van der Waals surface area contributed by atoms with Gasteiger partial charge in [-0.2, -0.15) is 5.26 Å². The molecule has 0 aliphatic heterocycles. The summed E-state index contributed by atoms with van der Waals surface area (Å²) >= 11 is 0. The van der Waals surface area contributed by atoms with Crippen molar-refractivity contribution in [2.45, 2.75) is 51.1 Å². The van der Waals surface area contributed by atoms with Gasteiger partial charge in [0.05, 0.1) is 6.07 Å². The number of unbranched alkanes of at least 4 members (excludes halogenated alkanes) is 2. The summed E-state index contributed by atoms with van der Waals surface area (Å²) in [7, 11) is 0. The third-order valence-corrected chi connectivity index (χ3v) is 3.67. The predicted molar refractivity (Wildman–Crippen MR) is 91.4 cm³/mol. The summed E-state index contributed by atoms with van der Waals surface area (Å²) in [5, 5.41) is 22.6. The topological polar surface area (TPSA) is 119 Å². The molecular weight excluding hydrogens is 341 g/mol. The standard InChI is InChI=1S/C18H22FN3O4/c1-12(23)21-16(11-13-6-5-7-14(19)10-13)17(24)22-15(18(25)26)8-3-2-4-9-20/h5-7,10,15-16H,2-4,8,11H2,1H3,(H,21,23)(H,22,24)(H,25,26)/t15-,16-/m0/s1. The minimum absolute atomic E-state index is 0.0317. The van der Waals surface area contributed by atoms with Crippen molar-refractivity contribution in [3.05, 3.63) is 35.6 Å². The Labute approximate surface area is 151 Å². The van der Waals surface area contributed by atoms with E-state index in [2.05, 4.69) is 10.6 Å². The van der Waals surface area contributed by atoms with Crippen LogP contribution in [0.5, 0.6) is 0 Å². The van der Waals surface area contributed by atoms with Crippen molar-refractivity contribution in [1.82, 2.24) is 10.6 Å². The number of carbonyl (C=O) groups excluding carboxylic acids is 2. The summed E-state index contributed by atoms with van der Waals surface area (Å²) in [4.78, 5) is 35.1. The number of carboxylic acid groups (broad SMARTS) is 1. The van der Waals surface area contributed by atoms with Crippen molar-refractivity contribution in [3.8, 4) is 6.07 Å². The van der Waals surface area contributed by atoms with Crippen LogP contribution in [-0.2, 0) is 20.8 Å². The van der Waals surface area contributed by atoms with Crippen molar-refractivity contribution in [2.24, 2.45) is 0 Å². The van der Waals surface area contributed by atoms with Gasteiger partial charge in [-0.3, -0.25) is 9.59 Å². The molecular formula is C18H22FN3O4. The Hall–Kier alpha value is -2.95. The molecule has 0 fully saturated rings. The van der Waals surface area contributed by atoms with Gasteiger partial charge in [0.25, 0.3) is 0 Å². The monoisotopic (exact) mass is 363 g/mol. The van der Waals surface area contributed by atoms with Gasteiger partial charge in [0.1, 0.15) is 17.9 Å². The third kappa shape index (κ3) is 7.75. The molecule has 0 aliphatic carbocycles. The first-order chi connectivity index (χ1) is 12.3. The molecule has 0 heterocycles. The van der Waals surface area contributed by atoms with Crippen LogP contribution in [0.2, 0.25) is 0 Å².